The van der Waals surface area contributed by atoms with Crippen LogP contribution < -0.4 is 0 Å². The zero-order valence-electron chi connectivity index (χ0n) is 14.7. The van der Waals surface area contributed by atoms with Gasteiger partial charge in [0.15, 0.2) is 0 Å². The summed E-state index contributed by atoms with van der Waals surface area (Å²) in [4.78, 5) is 13.6. The van der Waals surface area contributed by atoms with E-state index in [0.29, 0.717) is 11.6 Å². The fourth-order valence-corrected chi connectivity index (χ4v) is 3.77. The highest BCUT2D eigenvalue weighted by Gasteiger charge is 2.22. The molecule has 0 spiro atoms. The van der Waals surface area contributed by atoms with Crippen molar-refractivity contribution in [3.05, 3.63) is 71.3 Å². The molecule has 0 aromatic heterocycles. The van der Waals surface area contributed by atoms with Crippen molar-refractivity contribution in [2.24, 2.45) is 0 Å². The molecule has 3 rings (SSSR count). The third-order valence-corrected chi connectivity index (χ3v) is 5.18. The largest absolute Gasteiger partial charge is 0.478 e. The SMILES string of the molecule is O=C(O)c1ccc(CN2CCCCC2CCCc2ccccc2)cc1. The van der Waals surface area contributed by atoms with E-state index in [9.17, 15) is 4.79 Å². The molecule has 0 aliphatic carbocycles. The molecule has 1 saturated heterocycles. The van der Waals surface area contributed by atoms with Gasteiger partial charge < -0.3 is 5.11 Å². The second kappa shape index (κ2) is 8.82. The maximum absolute atomic E-state index is 11.0. The molecular weight excluding hydrogens is 310 g/mol. The van der Waals surface area contributed by atoms with Crippen molar-refractivity contribution in [2.45, 2.75) is 51.1 Å². The summed E-state index contributed by atoms with van der Waals surface area (Å²) in [7, 11) is 0. The second-order valence-corrected chi connectivity index (χ2v) is 7.00. The third-order valence-electron chi connectivity index (χ3n) is 5.18. The molecule has 3 nitrogen and oxygen atoms in total. The Balaban J connectivity index is 1.54. The van der Waals surface area contributed by atoms with Crippen LogP contribution in [-0.2, 0) is 13.0 Å². The number of aryl methyl sites for hydroxylation is 1. The first-order valence-electron chi connectivity index (χ1n) is 9.32. The van der Waals surface area contributed by atoms with E-state index >= 15 is 0 Å². The number of benzene rings is 2. The first-order valence-corrected chi connectivity index (χ1v) is 9.32. The van der Waals surface area contributed by atoms with Crippen LogP contribution in [0.1, 0.15) is 53.6 Å². The monoisotopic (exact) mass is 337 g/mol. The molecule has 1 heterocycles. The lowest BCUT2D eigenvalue weighted by Crippen LogP contribution is -2.38. The highest BCUT2D eigenvalue weighted by atomic mass is 16.4. The third kappa shape index (κ3) is 5.17. The van der Waals surface area contributed by atoms with Gasteiger partial charge in [-0.05, 0) is 61.9 Å². The normalized spacial score (nSPS) is 18.2. The molecular formula is C22H27NO2. The zero-order chi connectivity index (χ0) is 17.5. The van der Waals surface area contributed by atoms with E-state index in [-0.39, 0.29) is 0 Å². The number of hydrogen-bond acceptors (Lipinski definition) is 2. The molecule has 2 aromatic rings. The number of nitrogens with zero attached hydrogens (tertiary/aromatic N) is 1. The van der Waals surface area contributed by atoms with Crippen molar-refractivity contribution in [1.29, 1.82) is 0 Å². The minimum absolute atomic E-state index is 0.363. The number of aromatic carboxylic acids is 1. The van der Waals surface area contributed by atoms with Gasteiger partial charge >= 0.3 is 5.97 Å². The molecule has 1 aliphatic heterocycles. The Hall–Kier alpha value is -2.13. The Morgan fingerprint density at radius 1 is 1.00 bits per heavy atom. The van der Waals surface area contributed by atoms with Gasteiger partial charge in [-0.3, -0.25) is 4.90 Å². The van der Waals surface area contributed by atoms with Crippen LogP contribution >= 0.6 is 0 Å². The number of piperidine rings is 1. The van der Waals surface area contributed by atoms with Gasteiger partial charge in [0.05, 0.1) is 5.56 Å². The first-order chi connectivity index (χ1) is 12.2. The van der Waals surface area contributed by atoms with Crippen LogP contribution in [0.4, 0.5) is 0 Å². The van der Waals surface area contributed by atoms with Crippen molar-refractivity contribution in [3.63, 3.8) is 0 Å². The molecule has 0 saturated carbocycles. The van der Waals surface area contributed by atoms with Crippen LogP contribution in [-0.4, -0.2) is 28.6 Å². The van der Waals surface area contributed by atoms with E-state index in [1.54, 1.807) is 12.1 Å². The summed E-state index contributed by atoms with van der Waals surface area (Å²) >= 11 is 0. The molecule has 3 heteroatoms. The van der Waals surface area contributed by atoms with Gasteiger partial charge in [0.25, 0.3) is 0 Å². The van der Waals surface area contributed by atoms with Gasteiger partial charge in [0.2, 0.25) is 0 Å². The van der Waals surface area contributed by atoms with E-state index in [1.165, 1.54) is 43.2 Å². The summed E-state index contributed by atoms with van der Waals surface area (Å²) in [5.74, 6) is -0.858. The van der Waals surface area contributed by atoms with E-state index in [2.05, 4.69) is 35.2 Å². The lowest BCUT2D eigenvalue weighted by atomic mass is 9.95. The highest BCUT2D eigenvalue weighted by Crippen LogP contribution is 2.24. The molecule has 1 atom stereocenters. The molecule has 1 unspecified atom stereocenters. The van der Waals surface area contributed by atoms with E-state index in [4.69, 9.17) is 5.11 Å². The Bertz CT molecular complexity index is 666. The number of carbonyl (C=O) groups is 1. The average Bonchev–Trinajstić information content (AvgIpc) is 2.64. The number of carboxylic acid groups (broad SMARTS) is 1. The fourth-order valence-electron chi connectivity index (χ4n) is 3.77. The fraction of sp³-hybridized carbons (Fsp3) is 0.409. The van der Waals surface area contributed by atoms with E-state index < -0.39 is 5.97 Å². The van der Waals surface area contributed by atoms with Crippen molar-refractivity contribution >= 4 is 5.97 Å². The minimum Gasteiger partial charge on any atom is -0.478 e. The molecule has 25 heavy (non-hydrogen) atoms. The standard InChI is InChI=1S/C22H27NO2/c24-22(25)20-14-12-19(13-15-20)17-23-16-5-4-10-21(23)11-6-9-18-7-2-1-3-8-18/h1-3,7-8,12-15,21H,4-6,9-11,16-17H2,(H,24,25). The Labute approximate surface area is 150 Å². The smallest absolute Gasteiger partial charge is 0.335 e. The van der Waals surface area contributed by atoms with Gasteiger partial charge in [-0.2, -0.15) is 0 Å². The predicted molar refractivity (Wildman–Crippen MR) is 101 cm³/mol. The van der Waals surface area contributed by atoms with E-state index in [1.807, 2.05) is 12.1 Å². The topological polar surface area (TPSA) is 40.5 Å². The number of carboxylic acids is 1. The van der Waals surface area contributed by atoms with Gasteiger partial charge in [0.1, 0.15) is 0 Å². The molecule has 132 valence electrons. The van der Waals surface area contributed by atoms with Crippen molar-refractivity contribution in [1.82, 2.24) is 4.90 Å². The maximum Gasteiger partial charge on any atom is 0.335 e. The van der Waals surface area contributed by atoms with Crippen molar-refractivity contribution in [3.8, 4) is 0 Å². The summed E-state index contributed by atoms with van der Waals surface area (Å²) in [5.41, 5.74) is 3.00. The van der Waals surface area contributed by atoms with Crippen LogP contribution in [0.5, 0.6) is 0 Å². The highest BCUT2D eigenvalue weighted by molar-refractivity contribution is 5.87. The average molecular weight is 337 g/mol. The van der Waals surface area contributed by atoms with E-state index in [0.717, 1.165) is 19.5 Å². The van der Waals surface area contributed by atoms with Gasteiger partial charge in [-0.15, -0.1) is 0 Å². The Morgan fingerprint density at radius 2 is 1.76 bits per heavy atom. The number of rotatable bonds is 7. The minimum atomic E-state index is -0.858. The predicted octanol–water partition coefficient (Wildman–Crippen LogP) is 4.76. The lowest BCUT2D eigenvalue weighted by Gasteiger charge is -2.36. The Kier molecular flexibility index (Phi) is 6.24. The molecule has 1 fully saturated rings. The van der Waals surface area contributed by atoms with Gasteiger partial charge in [-0.25, -0.2) is 4.79 Å². The summed E-state index contributed by atoms with van der Waals surface area (Å²) in [5, 5.41) is 9.02. The molecule has 1 N–H and O–H groups in total. The van der Waals surface area contributed by atoms with Crippen molar-refractivity contribution in [2.75, 3.05) is 6.54 Å². The van der Waals surface area contributed by atoms with Crippen LogP contribution in [0, 0.1) is 0 Å². The lowest BCUT2D eigenvalue weighted by molar-refractivity contribution is 0.0697. The van der Waals surface area contributed by atoms with Crippen LogP contribution in [0.3, 0.4) is 0 Å². The molecule has 0 bridgehead atoms. The summed E-state index contributed by atoms with van der Waals surface area (Å²) in [6.45, 7) is 2.08. The van der Waals surface area contributed by atoms with Crippen LogP contribution in [0.15, 0.2) is 54.6 Å². The van der Waals surface area contributed by atoms with Crippen LogP contribution in [0.2, 0.25) is 0 Å². The quantitative estimate of drug-likeness (QED) is 0.792. The molecule has 2 aromatic carbocycles. The first kappa shape index (κ1) is 17.7. The Morgan fingerprint density at radius 3 is 2.48 bits per heavy atom. The number of hydrogen-bond donors (Lipinski definition) is 1. The second-order valence-electron chi connectivity index (χ2n) is 7.00. The molecule has 0 amide bonds. The zero-order valence-corrected chi connectivity index (χ0v) is 14.7. The summed E-state index contributed by atoms with van der Waals surface area (Å²) < 4.78 is 0. The maximum atomic E-state index is 11.0. The molecule has 0 radical (unpaired) electrons. The molecule has 1 aliphatic rings. The van der Waals surface area contributed by atoms with Crippen LogP contribution in [0.25, 0.3) is 0 Å². The van der Waals surface area contributed by atoms with Crippen molar-refractivity contribution < 1.29 is 9.90 Å². The van der Waals surface area contributed by atoms with Gasteiger partial charge in [0, 0.05) is 12.6 Å². The summed E-state index contributed by atoms with van der Waals surface area (Å²) in [6.07, 6.45) is 7.48. The summed E-state index contributed by atoms with van der Waals surface area (Å²) in [6, 6.07) is 18.7. The van der Waals surface area contributed by atoms with Gasteiger partial charge in [-0.1, -0.05) is 48.9 Å². The number of likely N-dealkylation sites (tertiary alicyclic amines) is 1.